The third-order valence-electron chi connectivity index (χ3n) is 2.53. The van der Waals surface area contributed by atoms with E-state index in [1.54, 1.807) is 0 Å². The Morgan fingerprint density at radius 3 is 2.11 bits per heavy atom. The molecule has 0 saturated carbocycles. The van der Waals surface area contributed by atoms with Crippen LogP contribution in [-0.2, 0) is 4.79 Å². The van der Waals surface area contributed by atoms with Crippen LogP contribution in [0.25, 0.3) is 0 Å². The number of rotatable bonds is 5. The number of carbonyl (C=O) groups excluding carboxylic acids is 1. The van der Waals surface area contributed by atoms with E-state index in [1.807, 2.05) is 12.1 Å². The quantitative estimate of drug-likeness (QED) is 0.423. The fraction of sp³-hybridized carbons (Fsp3) is 0.417. The monoisotopic (exact) mass is 584 g/mol. The Kier molecular flexibility index (Phi) is 7.70. The van der Waals surface area contributed by atoms with Crippen molar-refractivity contribution in [3.05, 3.63) is 22.8 Å². The van der Waals surface area contributed by atoms with Crippen molar-refractivity contribution in [2.75, 3.05) is 25.0 Å². The summed E-state index contributed by atoms with van der Waals surface area (Å²) in [5.74, 6) is 0.0477. The first kappa shape index (κ1) is 16.9. The molecule has 0 bridgehead atoms. The predicted octanol–water partition coefficient (Wildman–Crippen LogP) is 3.78. The number of halogens is 3. The van der Waals surface area contributed by atoms with Crippen molar-refractivity contribution in [1.82, 2.24) is 4.90 Å². The molecule has 1 aromatic carbocycles. The van der Waals surface area contributed by atoms with Crippen molar-refractivity contribution in [1.29, 1.82) is 0 Å². The summed E-state index contributed by atoms with van der Waals surface area (Å²) in [7, 11) is 0. The van der Waals surface area contributed by atoms with Gasteiger partial charge < -0.3 is 5.32 Å². The average molecular weight is 584 g/mol. The topological polar surface area (TPSA) is 32.3 Å². The van der Waals surface area contributed by atoms with Crippen LogP contribution >= 0.6 is 67.8 Å². The van der Waals surface area contributed by atoms with Crippen molar-refractivity contribution in [2.45, 2.75) is 13.8 Å². The van der Waals surface area contributed by atoms with Crippen LogP contribution in [0.3, 0.4) is 0 Å². The Morgan fingerprint density at radius 2 is 1.67 bits per heavy atom. The van der Waals surface area contributed by atoms with Gasteiger partial charge in [0.2, 0.25) is 5.91 Å². The van der Waals surface area contributed by atoms with Gasteiger partial charge >= 0.3 is 0 Å². The fourth-order valence-corrected chi connectivity index (χ4v) is 3.56. The molecule has 0 aliphatic heterocycles. The number of hydrogen-bond donors (Lipinski definition) is 1. The van der Waals surface area contributed by atoms with Gasteiger partial charge in [-0.25, -0.2) is 0 Å². The predicted molar refractivity (Wildman–Crippen MR) is 101 cm³/mol. The minimum absolute atomic E-state index is 0.0477. The number of nitrogens with one attached hydrogen (secondary N) is 1. The molecule has 1 rings (SSSR count). The molecule has 0 aromatic heterocycles. The van der Waals surface area contributed by atoms with Gasteiger partial charge in [-0.15, -0.1) is 0 Å². The SMILES string of the molecule is CCN(CC)CC(=O)Nc1cc(I)c(I)c(I)c1. The van der Waals surface area contributed by atoms with Gasteiger partial charge in [0.15, 0.2) is 0 Å². The second-order valence-corrected chi connectivity index (χ2v) is 7.17. The Hall–Kier alpha value is 0.840. The minimum Gasteiger partial charge on any atom is -0.325 e. The van der Waals surface area contributed by atoms with E-state index < -0.39 is 0 Å². The summed E-state index contributed by atoms with van der Waals surface area (Å²) in [5.41, 5.74) is 0.876. The molecule has 1 amide bonds. The van der Waals surface area contributed by atoms with Crippen LogP contribution in [-0.4, -0.2) is 30.4 Å². The fourth-order valence-electron chi connectivity index (χ4n) is 1.48. The van der Waals surface area contributed by atoms with Crippen molar-refractivity contribution in [3.8, 4) is 0 Å². The molecule has 3 nitrogen and oxygen atoms in total. The number of nitrogens with zero attached hydrogens (tertiary/aromatic N) is 1. The van der Waals surface area contributed by atoms with E-state index in [0.717, 1.165) is 18.8 Å². The highest BCUT2D eigenvalue weighted by atomic mass is 127. The molecule has 0 saturated heterocycles. The number of benzene rings is 1. The van der Waals surface area contributed by atoms with Crippen molar-refractivity contribution in [2.24, 2.45) is 0 Å². The number of anilines is 1. The van der Waals surface area contributed by atoms with Gasteiger partial charge in [-0.2, -0.15) is 0 Å². The van der Waals surface area contributed by atoms with E-state index in [2.05, 4.69) is 91.8 Å². The first-order chi connectivity index (χ1) is 8.47. The van der Waals surface area contributed by atoms with Gasteiger partial charge in [-0.05, 0) is 93.0 Å². The zero-order valence-electron chi connectivity index (χ0n) is 10.3. The van der Waals surface area contributed by atoms with Crippen molar-refractivity contribution >= 4 is 79.4 Å². The first-order valence-corrected chi connectivity index (χ1v) is 8.88. The molecular formula is C12H15I3N2O. The molecule has 6 heteroatoms. The summed E-state index contributed by atoms with van der Waals surface area (Å²) in [6.07, 6.45) is 0. The lowest BCUT2D eigenvalue weighted by atomic mass is 10.3. The maximum atomic E-state index is 11.9. The Morgan fingerprint density at radius 1 is 1.17 bits per heavy atom. The van der Waals surface area contributed by atoms with E-state index in [1.165, 1.54) is 10.7 Å². The molecule has 1 aromatic rings. The largest absolute Gasteiger partial charge is 0.325 e. The summed E-state index contributed by atoms with van der Waals surface area (Å²) in [6, 6.07) is 4.01. The molecule has 0 aliphatic rings. The summed E-state index contributed by atoms with van der Waals surface area (Å²) in [5, 5.41) is 2.96. The highest BCUT2D eigenvalue weighted by Gasteiger charge is 2.10. The number of amides is 1. The second-order valence-electron chi connectivity index (χ2n) is 3.76. The maximum absolute atomic E-state index is 11.9. The normalized spacial score (nSPS) is 10.8. The summed E-state index contributed by atoms with van der Waals surface area (Å²) in [4.78, 5) is 14.0. The molecule has 0 atom stereocenters. The zero-order valence-corrected chi connectivity index (χ0v) is 16.7. The summed E-state index contributed by atoms with van der Waals surface area (Å²) in [6.45, 7) is 6.37. The Labute approximate surface area is 149 Å². The van der Waals surface area contributed by atoms with E-state index in [9.17, 15) is 4.79 Å². The van der Waals surface area contributed by atoms with E-state index in [4.69, 9.17) is 0 Å². The van der Waals surface area contributed by atoms with Gasteiger partial charge in [0.1, 0.15) is 0 Å². The van der Waals surface area contributed by atoms with Gasteiger partial charge in [0.25, 0.3) is 0 Å². The van der Waals surface area contributed by atoms with Crippen LogP contribution in [0.15, 0.2) is 12.1 Å². The molecule has 1 N–H and O–H groups in total. The smallest absolute Gasteiger partial charge is 0.238 e. The highest BCUT2D eigenvalue weighted by molar-refractivity contribution is 14.1. The lowest BCUT2D eigenvalue weighted by Crippen LogP contribution is -2.32. The molecular weight excluding hydrogens is 569 g/mol. The third kappa shape index (κ3) is 5.08. The van der Waals surface area contributed by atoms with Gasteiger partial charge in [-0.1, -0.05) is 13.8 Å². The summed E-state index contributed by atoms with van der Waals surface area (Å²) < 4.78 is 3.56. The second kappa shape index (κ2) is 8.20. The van der Waals surface area contributed by atoms with E-state index in [-0.39, 0.29) is 5.91 Å². The molecule has 0 spiro atoms. The molecule has 0 radical (unpaired) electrons. The molecule has 0 fully saturated rings. The molecule has 0 heterocycles. The molecule has 0 aliphatic carbocycles. The molecule has 18 heavy (non-hydrogen) atoms. The molecule has 0 unspecified atom stereocenters. The van der Waals surface area contributed by atoms with Crippen molar-refractivity contribution in [3.63, 3.8) is 0 Å². The van der Waals surface area contributed by atoms with Gasteiger partial charge in [0.05, 0.1) is 6.54 Å². The molecule has 100 valence electrons. The lowest BCUT2D eigenvalue weighted by molar-refractivity contribution is -0.117. The maximum Gasteiger partial charge on any atom is 0.238 e. The Bertz CT molecular complexity index is 410. The van der Waals surface area contributed by atoms with Gasteiger partial charge in [0, 0.05) is 16.4 Å². The van der Waals surface area contributed by atoms with Crippen LogP contribution in [0.5, 0.6) is 0 Å². The lowest BCUT2D eigenvalue weighted by Gasteiger charge is -2.17. The first-order valence-electron chi connectivity index (χ1n) is 5.64. The van der Waals surface area contributed by atoms with Crippen molar-refractivity contribution < 1.29 is 4.79 Å². The standard InChI is InChI=1S/C12H15I3N2O/c1-3-17(4-2)7-11(18)16-8-5-9(13)12(15)10(14)6-8/h5-6H,3-4,7H2,1-2H3,(H,16,18). The highest BCUT2D eigenvalue weighted by Crippen LogP contribution is 2.25. The van der Waals surface area contributed by atoms with Crippen LogP contribution in [0.2, 0.25) is 0 Å². The van der Waals surface area contributed by atoms with Gasteiger partial charge in [-0.3, -0.25) is 9.69 Å². The van der Waals surface area contributed by atoms with E-state index in [0.29, 0.717) is 6.54 Å². The average Bonchev–Trinajstić information content (AvgIpc) is 2.32. The van der Waals surface area contributed by atoms with E-state index >= 15 is 0 Å². The number of hydrogen-bond acceptors (Lipinski definition) is 2. The number of likely N-dealkylation sites (N-methyl/N-ethyl adjacent to an activating group) is 1. The van der Waals surface area contributed by atoms with Crippen LogP contribution in [0, 0.1) is 10.7 Å². The number of carbonyl (C=O) groups is 1. The van der Waals surface area contributed by atoms with Crippen LogP contribution in [0.1, 0.15) is 13.8 Å². The summed E-state index contributed by atoms with van der Waals surface area (Å²) >= 11 is 6.89. The minimum atomic E-state index is 0.0477. The Balaban J connectivity index is 2.70. The third-order valence-corrected chi connectivity index (χ3v) is 7.46. The van der Waals surface area contributed by atoms with Crippen LogP contribution in [0.4, 0.5) is 5.69 Å². The zero-order chi connectivity index (χ0) is 13.7. The van der Waals surface area contributed by atoms with Crippen LogP contribution < -0.4 is 5.32 Å².